The molecule has 3 heterocycles. The van der Waals surface area contributed by atoms with E-state index < -0.39 is 0 Å². The Hall–Kier alpha value is -2.24. The average molecular weight is 418 g/mol. The van der Waals surface area contributed by atoms with Crippen LogP contribution in [0.4, 0.5) is 0 Å². The number of hydrogen-bond donors (Lipinski definition) is 0. The molecule has 0 spiro atoms. The van der Waals surface area contributed by atoms with E-state index in [1.807, 2.05) is 24.0 Å². The van der Waals surface area contributed by atoms with Crippen LogP contribution in [0.15, 0.2) is 87.7 Å². The van der Waals surface area contributed by atoms with Gasteiger partial charge in [-0.2, -0.15) is 0 Å². The highest BCUT2D eigenvalue weighted by atomic mass is 32.2. The molecule has 0 aliphatic carbocycles. The molecule has 5 heteroatoms. The third-order valence-electron chi connectivity index (χ3n) is 5.36. The van der Waals surface area contributed by atoms with Crippen molar-refractivity contribution in [3.63, 3.8) is 0 Å². The normalized spacial score (nSPS) is 23.2. The van der Waals surface area contributed by atoms with Crippen molar-refractivity contribution in [1.29, 1.82) is 0 Å². The van der Waals surface area contributed by atoms with Crippen LogP contribution in [0.1, 0.15) is 35.8 Å². The first-order valence-corrected chi connectivity index (χ1v) is 11.6. The molecule has 29 heavy (non-hydrogen) atoms. The molecule has 3 aromatic rings. The van der Waals surface area contributed by atoms with Crippen LogP contribution < -0.4 is 0 Å². The summed E-state index contributed by atoms with van der Waals surface area (Å²) in [6, 6.07) is 24.1. The van der Waals surface area contributed by atoms with E-state index in [9.17, 15) is 0 Å². The number of benzene rings is 2. The van der Waals surface area contributed by atoms with E-state index >= 15 is 0 Å². The highest BCUT2D eigenvalue weighted by Crippen LogP contribution is 2.47. The van der Waals surface area contributed by atoms with Gasteiger partial charge in [-0.15, -0.1) is 0 Å². The molecule has 2 aliphatic heterocycles. The van der Waals surface area contributed by atoms with Crippen LogP contribution in [0.5, 0.6) is 0 Å². The Kier molecular flexibility index (Phi) is 5.10. The number of nitrogens with zero attached hydrogens (tertiary/aromatic N) is 3. The second kappa shape index (κ2) is 7.88. The van der Waals surface area contributed by atoms with Gasteiger partial charge in [-0.3, -0.25) is 9.98 Å². The van der Waals surface area contributed by atoms with Crippen LogP contribution in [0.3, 0.4) is 0 Å². The molecule has 0 N–H and O–H groups in total. The molecule has 0 amide bonds. The topological polar surface area (TPSA) is 28.5 Å². The maximum atomic E-state index is 5.06. The molecule has 2 aliphatic rings. The minimum atomic E-state index is 0.0572. The molecule has 1 saturated heterocycles. The molecular formula is C24H23N3S2. The van der Waals surface area contributed by atoms with Crippen molar-refractivity contribution in [2.75, 3.05) is 6.54 Å². The van der Waals surface area contributed by atoms with Gasteiger partial charge < -0.3 is 4.90 Å². The van der Waals surface area contributed by atoms with E-state index in [4.69, 9.17) is 4.99 Å². The molecule has 0 bridgehead atoms. The van der Waals surface area contributed by atoms with Crippen LogP contribution in [-0.2, 0) is 0 Å². The summed E-state index contributed by atoms with van der Waals surface area (Å²) in [4.78, 5) is 14.7. The van der Waals surface area contributed by atoms with Crippen molar-refractivity contribution < 1.29 is 0 Å². The van der Waals surface area contributed by atoms with Gasteiger partial charge in [0.15, 0.2) is 5.17 Å². The van der Waals surface area contributed by atoms with E-state index in [1.165, 1.54) is 20.9 Å². The van der Waals surface area contributed by atoms with Gasteiger partial charge in [0.2, 0.25) is 0 Å². The number of amidine groups is 1. The zero-order chi connectivity index (χ0) is 19.8. The van der Waals surface area contributed by atoms with Gasteiger partial charge in [-0.25, -0.2) is 0 Å². The summed E-state index contributed by atoms with van der Waals surface area (Å²) in [5.41, 5.74) is 3.65. The van der Waals surface area contributed by atoms with Gasteiger partial charge in [0.25, 0.3) is 0 Å². The minimum absolute atomic E-state index is 0.0572. The molecule has 146 valence electrons. The van der Waals surface area contributed by atoms with E-state index in [0.29, 0.717) is 5.25 Å². The lowest BCUT2D eigenvalue weighted by Gasteiger charge is -2.27. The Morgan fingerprint density at radius 2 is 1.69 bits per heavy atom. The number of pyridine rings is 1. The van der Waals surface area contributed by atoms with Crippen LogP contribution in [0, 0.1) is 6.92 Å². The molecule has 0 saturated carbocycles. The summed E-state index contributed by atoms with van der Waals surface area (Å²) in [5, 5.41) is 1.74. The summed E-state index contributed by atoms with van der Waals surface area (Å²) in [5.74, 6) is 0. The van der Waals surface area contributed by atoms with Gasteiger partial charge in [0, 0.05) is 27.8 Å². The molecule has 0 unspecified atom stereocenters. The van der Waals surface area contributed by atoms with Crippen molar-refractivity contribution in [2.45, 2.75) is 41.0 Å². The highest BCUT2D eigenvalue weighted by Gasteiger charge is 2.43. The molecule has 3 nitrogen and oxygen atoms in total. The third-order valence-corrected chi connectivity index (χ3v) is 7.48. The number of rotatable bonds is 4. The fraction of sp³-hybridized carbons (Fsp3) is 0.250. The summed E-state index contributed by atoms with van der Waals surface area (Å²) >= 11 is 3.69. The van der Waals surface area contributed by atoms with Gasteiger partial charge in [0.05, 0.1) is 11.7 Å². The molecule has 2 aromatic carbocycles. The first-order chi connectivity index (χ1) is 14.2. The van der Waals surface area contributed by atoms with Crippen molar-refractivity contribution in [3.8, 4) is 0 Å². The second-order valence-electron chi connectivity index (χ2n) is 7.62. The summed E-state index contributed by atoms with van der Waals surface area (Å²) in [6.07, 6.45) is 1.87. The number of thioether (sulfide) groups is 1. The predicted molar refractivity (Wildman–Crippen MR) is 123 cm³/mol. The average Bonchev–Trinajstić information content (AvgIpc) is 3.27. The number of aryl methyl sites for hydroxylation is 1. The van der Waals surface area contributed by atoms with E-state index in [-0.39, 0.29) is 12.1 Å². The third kappa shape index (κ3) is 3.81. The van der Waals surface area contributed by atoms with E-state index in [2.05, 4.69) is 84.4 Å². The first kappa shape index (κ1) is 18.8. The Bertz CT molecular complexity index is 1020. The molecule has 1 aromatic heterocycles. The summed E-state index contributed by atoms with van der Waals surface area (Å²) < 4.78 is 0. The molecule has 0 radical (unpaired) electrons. The Balaban J connectivity index is 1.42. The largest absolute Gasteiger partial charge is 0.341 e. The fourth-order valence-electron chi connectivity index (χ4n) is 3.95. The molecule has 3 atom stereocenters. The SMILES string of the molecule is Cc1ccc(Sc2ccc([C@@H]3[C@@H](c4ccccn4)N=C4S[C@@H](C)CN43)cc2)cc1. The van der Waals surface area contributed by atoms with Gasteiger partial charge in [0.1, 0.15) is 6.04 Å². The van der Waals surface area contributed by atoms with Gasteiger partial charge in [-0.05, 0) is 48.9 Å². The smallest absolute Gasteiger partial charge is 0.160 e. The Labute approximate surface area is 180 Å². The lowest BCUT2D eigenvalue weighted by molar-refractivity contribution is 0.321. The highest BCUT2D eigenvalue weighted by molar-refractivity contribution is 8.14. The Morgan fingerprint density at radius 1 is 0.966 bits per heavy atom. The number of aliphatic imine (C=N–C) groups is 1. The lowest BCUT2D eigenvalue weighted by atomic mass is 9.96. The Morgan fingerprint density at radius 3 is 2.38 bits per heavy atom. The number of hydrogen-bond acceptors (Lipinski definition) is 5. The minimum Gasteiger partial charge on any atom is -0.341 e. The van der Waals surface area contributed by atoms with Gasteiger partial charge >= 0.3 is 0 Å². The number of aromatic nitrogens is 1. The van der Waals surface area contributed by atoms with Crippen LogP contribution >= 0.6 is 23.5 Å². The molecule has 5 rings (SSSR count). The zero-order valence-corrected chi connectivity index (χ0v) is 18.2. The predicted octanol–water partition coefficient (Wildman–Crippen LogP) is 6.13. The zero-order valence-electron chi connectivity index (χ0n) is 16.5. The molecular weight excluding hydrogens is 394 g/mol. The van der Waals surface area contributed by atoms with Gasteiger partial charge in [-0.1, -0.05) is 66.3 Å². The van der Waals surface area contributed by atoms with Crippen molar-refractivity contribution in [3.05, 3.63) is 89.7 Å². The lowest BCUT2D eigenvalue weighted by Crippen LogP contribution is -2.28. The maximum Gasteiger partial charge on any atom is 0.160 e. The fourth-order valence-corrected chi connectivity index (χ4v) is 5.86. The monoisotopic (exact) mass is 417 g/mol. The molecule has 1 fully saturated rings. The van der Waals surface area contributed by atoms with Crippen molar-refractivity contribution >= 4 is 28.7 Å². The van der Waals surface area contributed by atoms with Crippen molar-refractivity contribution in [2.24, 2.45) is 4.99 Å². The van der Waals surface area contributed by atoms with E-state index in [1.54, 1.807) is 11.8 Å². The standard InChI is InChI=1S/C24H23N3S2/c1-16-6-10-19(11-7-16)29-20-12-8-18(9-13-20)23-22(21-5-3-4-14-25-21)26-24-27(23)15-17(2)28-24/h3-14,17,22-23H,15H2,1-2H3/t17-,22+,23+/m0/s1. The summed E-state index contributed by atoms with van der Waals surface area (Å²) in [6.45, 7) is 5.44. The second-order valence-corrected chi connectivity index (χ2v) is 10.2. The quantitative estimate of drug-likeness (QED) is 0.510. The van der Waals surface area contributed by atoms with Crippen LogP contribution in [0.2, 0.25) is 0 Å². The van der Waals surface area contributed by atoms with Crippen LogP contribution in [0.25, 0.3) is 0 Å². The van der Waals surface area contributed by atoms with Crippen molar-refractivity contribution in [1.82, 2.24) is 9.88 Å². The van der Waals surface area contributed by atoms with Crippen LogP contribution in [-0.4, -0.2) is 26.8 Å². The van der Waals surface area contributed by atoms with E-state index in [0.717, 1.165) is 17.4 Å². The summed E-state index contributed by atoms with van der Waals surface area (Å²) in [7, 11) is 0. The maximum absolute atomic E-state index is 5.06. The first-order valence-electron chi connectivity index (χ1n) is 9.94. The number of fused-ring (bicyclic) bond motifs is 1.